The Bertz CT molecular complexity index is 1050. The van der Waals surface area contributed by atoms with E-state index in [-0.39, 0.29) is 11.9 Å². The molecule has 5 heterocycles. The van der Waals surface area contributed by atoms with Crippen molar-refractivity contribution in [2.75, 3.05) is 6.61 Å². The van der Waals surface area contributed by atoms with Crippen molar-refractivity contribution in [3.63, 3.8) is 0 Å². The van der Waals surface area contributed by atoms with Crippen molar-refractivity contribution in [2.45, 2.75) is 43.7 Å². The smallest absolute Gasteiger partial charge is 0.259 e. The van der Waals surface area contributed by atoms with E-state index in [1.165, 1.54) is 0 Å². The van der Waals surface area contributed by atoms with Gasteiger partial charge in [0, 0.05) is 23.9 Å². The number of carbonyl (C=O) groups is 1. The molecule has 3 aromatic rings. The average molecular weight is 376 g/mol. The second-order valence-corrected chi connectivity index (χ2v) is 8.09. The second kappa shape index (κ2) is 6.10. The summed E-state index contributed by atoms with van der Waals surface area (Å²) in [5, 5.41) is 8.19. The molecule has 0 aromatic carbocycles. The zero-order valence-electron chi connectivity index (χ0n) is 15.3. The van der Waals surface area contributed by atoms with Crippen molar-refractivity contribution < 1.29 is 14.1 Å². The number of ether oxygens (including phenoxy) is 1. The third kappa shape index (κ3) is 2.61. The molecule has 0 spiro atoms. The summed E-state index contributed by atoms with van der Waals surface area (Å²) in [4.78, 5) is 22.1. The van der Waals surface area contributed by atoms with Gasteiger partial charge < -0.3 is 14.6 Å². The van der Waals surface area contributed by atoms with E-state index in [1.54, 1.807) is 12.4 Å². The number of hydrogen-bond acceptors (Lipinski definition) is 6. The Labute approximate surface area is 161 Å². The summed E-state index contributed by atoms with van der Waals surface area (Å²) >= 11 is 0. The Morgan fingerprint density at radius 3 is 2.86 bits per heavy atom. The lowest BCUT2D eigenvalue weighted by molar-refractivity contribution is -0.108. The number of fused-ring (bicyclic) bond motifs is 3. The quantitative estimate of drug-likeness (QED) is 0.753. The fraction of sp³-hybridized carbons (Fsp3) is 0.429. The van der Waals surface area contributed by atoms with Crippen molar-refractivity contribution in [3.8, 4) is 11.3 Å². The molecule has 1 atom stereocenters. The lowest BCUT2D eigenvalue weighted by Crippen LogP contribution is -2.55. The molecule has 3 aromatic heterocycles. The predicted molar refractivity (Wildman–Crippen MR) is 101 cm³/mol. The molecule has 142 valence electrons. The minimum Gasteiger partial charge on any atom is -0.376 e. The normalized spacial score (nSPS) is 26.1. The van der Waals surface area contributed by atoms with Crippen LogP contribution in [0.4, 0.5) is 0 Å². The van der Waals surface area contributed by atoms with Crippen molar-refractivity contribution in [2.24, 2.45) is 5.92 Å². The van der Waals surface area contributed by atoms with Crippen LogP contribution in [0.5, 0.6) is 0 Å². The van der Waals surface area contributed by atoms with Gasteiger partial charge in [-0.25, -0.2) is 4.98 Å². The van der Waals surface area contributed by atoms with Crippen molar-refractivity contribution in [3.05, 3.63) is 41.9 Å². The zero-order chi connectivity index (χ0) is 18.7. The van der Waals surface area contributed by atoms with E-state index in [9.17, 15) is 4.79 Å². The Kier molecular flexibility index (Phi) is 3.53. The first-order chi connectivity index (χ1) is 13.8. The van der Waals surface area contributed by atoms with E-state index in [0.29, 0.717) is 41.5 Å². The monoisotopic (exact) mass is 376 g/mol. The fourth-order valence-electron chi connectivity index (χ4n) is 4.30. The van der Waals surface area contributed by atoms with Crippen molar-refractivity contribution in [1.82, 2.24) is 20.4 Å². The zero-order valence-corrected chi connectivity index (χ0v) is 15.3. The van der Waals surface area contributed by atoms with Crippen LogP contribution < -0.4 is 5.32 Å². The van der Waals surface area contributed by atoms with Crippen LogP contribution in [0.1, 0.15) is 47.7 Å². The molecular weight excluding hydrogens is 356 g/mol. The molecule has 1 amide bonds. The molecule has 4 fully saturated rings. The summed E-state index contributed by atoms with van der Waals surface area (Å²) in [5.41, 5.74) is 3.35. The first kappa shape index (κ1) is 16.2. The Balaban J connectivity index is 1.43. The third-order valence-electron chi connectivity index (χ3n) is 6.17. The molecule has 1 unspecified atom stereocenters. The van der Waals surface area contributed by atoms with E-state index in [0.717, 1.165) is 42.3 Å². The number of hydrogen-bond donors (Lipinski definition) is 1. The van der Waals surface area contributed by atoms with Gasteiger partial charge in [0.1, 0.15) is 0 Å². The van der Waals surface area contributed by atoms with Crippen LogP contribution in [0, 0.1) is 5.92 Å². The summed E-state index contributed by atoms with van der Waals surface area (Å²) in [6.07, 6.45) is 8.07. The van der Waals surface area contributed by atoms with Gasteiger partial charge in [0.2, 0.25) is 0 Å². The molecule has 7 nitrogen and oxygen atoms in total. The number of nitrogens with one attached hydrogen (secondary N) is 1. The molecule has 28 heavy (non-hydrogen) atoms. The van der Waals surface area contributed by atoms with Crippen molar-refractivity contribution in [1.29, 1.82) is 0 Å². The molecule has 4 aliphatic rings. The molecule has 0 radical (unpaired) electrons. The number of nitrogens with zero attached hydrogens (tertiary/aromatic N) is 3. The van der Waals surface area contributed by atoms with E-state index in [4.69, 9.17) is 9.26 Å². The first-order valence-electron chi connectivity index (χ1n) is 9.89. The Morgan fingerprint density at radius 2 is 2.14 bits per heavy atom. The third-order valence-corrected chi connectivity index (χ3v) is 6.17. The molecule has 2 saturated carbocycles. The van der Waals surface area contributed by atoms with Crippen LogP contribution in [0.2, 0.25) is 0 Å². The molecule has 7 heteroatoms. The number of carbonyl (C=O) groups excluding carboxylic acids is 1. The number of aromatic nitrogens is 3. The van der Waals surface area contributed by atoms with Crippen LogP contribution in [0.25, 0.3) is 22.4 Å². The summed E-state index contributed by atoms with van der Waals surface area (Å²) in [6, 6.07) is 5.67. The van der Waals surface area contributed by atoms with Crippen LogP contribution in [-0.4, -0.2) is 39.8 Å². The highest BCUT2D eigenvalue weighted by Crippen LogP contribution is 2.44. The lowest BCUT2D eigenvalue weighted by Gasteiger charge is -2.46. The van der Waals surface area contributed by atoms with E-state index < -0.39 is 0 Å². The minimum atomic E-state index is -0.110. The average Bonchev–Trinajstić information content (AvgIpc) is 3.46. The predicted octanol–water partition coefficient (Wildman–Crippen LogP) is 3.07. The standard InChI is InChI=1S/C21H20N4O3/c26-20(23-17-10-27-14-6-13(17)7-14)15-8-16(12-2-1-5-22-9-12)24-21-18(15)19(25-28-21)11-3-4-11/h1-2,5,8-9,11,13-14,17H,3-4,6-7,10H2,(H,23,26). The van der Waals surface area contributed by atoms with Gasteiger partial charge in [-0.1, -0.05) is 5.16 Å². The van der Waals surface area contributed by atoms with E-state index >= 15 is 0 Å². The van der Waals surface area contributed by atoms with E-state index in [1.807, 2.05) is 18.2 Å². The summed E-state index contributed by atoms with van der Waals surface area (Å²) in [7, 11) is 0. The SMILES string of the molecule is O=C(NC1COC2CC1C2)c1cc(-c2cccnc2)nc2onc(C3CC3)c12. The highest BCUT2D eigenvalue weighted by atomic mass is 16.5. The van der Waals surface area contributed by atoms with Crippen LogP contribution in [-0.2, 0) is 4.74 Å². The maximum absolute atomic E-state index is 13.3. The van der Waals surface area contributed by atoms with Crippen LogP contribution in [0.15, 0.2) is 35.1 Å². The highest BCUT2D eigenvalue weighted by molar-refractivity contribution is 6.07. The van der Waals surface area contributed by atoms with Crippen molar-refractivity contribution >= 4 is 17.0 Å². The molecule has 7 rings (SSSR count). The molecule has 1 N–H and O–H groups in total. The van der Waals surface area contributed by atoms with Gasteiger partial charge in [0.15, 0.2) is 0 Å². The summed E-state index contributed by atoms with van der Waals surface area (Å²) in [5.74, 6) is 0.772. The maximum atomic E-state index is 13.3. The van der Waals surface area contributed by atoms with Gasteiger partial charge >= 0.3 is 0 Å². The van der Waals surface area contributed by atoms with Gasteiger partial charge in [-0.15, -0.1) is 0 Å². The van der Waals surface area contributed by atoms with Gasteiger partial charge in [-0.3, -0.25) is 9.78 Å². The number of rotatable bonds is 4. The molecule has 2 aliphatic carbocycles. The van der Waals surface area contributed by atoms with Gasteiger partial charge in [-0.2, -0.15) is 0 Å². The minimum absolute atomic E-state index is 0.0618. The molecule has 2 bridgehead atoms. The molecule has 2 saturated heterocycles. The largest absolute Gasteiger partial charge is 0.376 e. The lowest BCUT2D eigenvalue weighted by atomic mass is 9.75. The van der Waals surface area contributed by atoms with Gasteiger partial charge in [-0.05, 0) is 49.8 Å². The number of amides is 1. The summed E-state index contributed by atoms with van der Waals surface area (Å²) in [6.45, 7) is 0.587. The Hall–Kier alpha value is -2.80. The maximum Gasteiger partial charge on any atom is 0.259 e. The molecular formula is C21H20N4O3. The van der Waals surface area contributed by atoms with Gasteiger partial charge in [0.05, 0.1) is 41.1 Å². The second-order valence-electron chi connectivity index (χ2n) is 8.09. The molecule has 2 aliphatic heterocycles. The summed E-state index contributed by atoms with van der Waals surface area (Å²) < 4.78 is 11.3. The Morgan fingerprint density at radius 1 is 1.25 bits per heavy atom. The number of pyridine rings is 2. The van der Waals surface area contributed by atoms with Gasteiger partial charge in [0.25, 0.3) is 11.6 Å². The topological polar surface area (TPSA) is 90.1 Å². The van der Waals surface area contributed by atoms with E-state index in [2.05, 4.69) is 20.4 Å². The fourth-order valence-corrected chi connectivity index (χ4v) is 4.30. The van der Waals surface area contributed by atoms with Crippen LogP contribution >= 0.6 is 0 Å². The highest BCUT2D eigenvalue weighted by Gasteiger charge is 2.42. The van der Waals surface area contributed by atoms with Crippen LogP contribution in [0.3, 0.4) is 0 Å². The first-order valence-corrected chi connectivity index (χ1v) is 9.89.